The number of esters is 1. The van der Waals surface area contributed by atoms with Crippen molar-refractivity contribution in [1.82, 2.24) is 0 Å². The minimum Gasteiger partial charge on any atom is -0.462 e. The number of ether oxygens (including phenoxy) is 1. The third-order valence-electron chi connectivity index (χ3n) is 5.46. The minimum absolute atomic E-state index is 0.118. The van der Waals surface area contributed by atoms with Gasteiger partial charge in [0, 0.05) is 34.2 Å². The molecule has 1 aromatic carbocycles. The van der Waals surface area contributed by atoms with E-state index < -0.39 is 5.92 Å². The first-order chi connectivity index (χ1) is 13.0. The molecule has 0 spiro atoms. The van der Waals surface area contributed by atoms with Gasteiger partial charge in [0.1, 0.15) is 5.92 Å². The SMILES string of the molecule is CC[C@@H](C)OC(=O)C1C(C)=NC2=C(C(=O)CCC2)[C@H]1c1ccc(SC)cc1. The van der Waals surface area contributed by atoms with Crippen molar-refractivity contribution in [2.75, 3.05) is 6.26 Å². The Morgan fingerprint density at radius 2 is 2.00 bits per heavy atom. The van der Waals surface area contributed by atoms with Crippen molar-refractivity contribution in [3.05, 3.63) is 41.1 Å². The summed E-state index contributed by atoms with van der Waals surface area (Å²) in [6.45, 7) is 5.77. The van der Waals surface area contributed by atoms with Crippen LogP contribution in [0.4, 0.5) is 0 Å². The van der Waals surface area contributed by atoms with Gasteiger partial charge in [-0.25, -0.2) is 0 Å². The first-order valence-corrected chi connectivity index (χ1v) is 10.8. The van der Waals surface area contributed by atoms with Crippen LogP contribution in [0.15, 0.2) is 45.4 Å². The quantitative estimate of drug-likeness (QED) is 0.533. The van der Waals surface area contributed by atoms with Crippen LogP contribution >= 0.6 is 11.8 Å². The Morgan fingerprint density at radius 3 is 2.63 bits per heavy atom. The van der Waals surface area contributed by atoms with Crippen LogP contribution in [0.25, 0.3) is 0 Å². The van der Waals surface area contributed by atoms with Crippen LogP contribution in [-0.2, 0) is 14.3 Å². The Labute approximate surface area is 165 Å². The number of rotatable bonds is 5. The maximum atomic E-state index is 13.0. The van der Waals surface area contributed by atoms with Gasteiger partial charge in [-0.2, -0.15) is 0 Å². The number of thioether (sulfide) groups is 1. The molecule has 0 bridgehead atoms. The molecule has 0 saturated heterocycles. The number of hydrogen-bond acceptors (Lipinski definition) is 5. The summed E-state index contributed by atoms with van der Waals surface area (Å²) in [6.07, 6.45) is 4.79. The van der Waals surface area contributed by atoms with E-state index in [9.17, 15) is 9.59 Å². The Hall–Kier alpha value is -1.88. The average molecular weight is 386 g/mol. The van der Waals surface area contributed by atoms with E-state index in [-0.39, 0.29) is 23.8 Å². The third kappa shape index (κ3) is 4.03. The number of hydrogen-bond donors (Lipinski definition) is 0. The summed E-state index contributed by atoms with van der Waals surface area (Å²) in [7, 11) is 0. The highest BCUT2D eigenvalue weighted by atomic mass is 32.2. The van der Waals surface area contributed by atoms with E-state index in [1.54, 1.807) is 11.8 Å². The summed E-state index contributed by atoms with van der Waals surface area (Å²) in [5.74, 6) is -1.01. The van der Waals surface area contributed by atoms with Gasteiger partial charge in [0.15, 0.2) is 5.78 Å². The summed E-state index contributed by atoms with van der Waals surface area (Å²) >= 11 is 1.67. The molecular weight excluding hydrogens is 358 g/mol. The van der Waals surface area contributed by atoms with Gasteiger partial charge in [-0.05, 0) is 57.1 Å². The molecule has 4 nitrogen and oxygen atoms in total. The highest BCUT2D eigenvalue weighted by Crippen LogP contribution is 2.43. The largest absolute Gasteiger partial charge is 0.462 e. The Morgan fingerprint density at radius 1 is 1.30 bits per heavy atom. The van der Waals surface area contributed by atoms with Crippen LogP contribution in [0.1, 0.15) is 57.9 Å². The minimum atomic E-state index is -0.542. The second-order valence-electron chi connectivity index (χ2n) is 7.27. The average Bonchev–Trinajstić information content (AvgIpc) is 2.67. The van der Waals surface area contributed by atoms with Gasteiger partial charge in [-0.1, -0.05) is 19.1 Å². The Kier molecular flexibility index (Phi) is 6.20. The first-order valence-electron chi connectivity index (χ1n) is 9.62. The number of nitrogens with zero attached hydrogens (tertiary/aromatic N) is 1. The van der Waals surface area contributed by atoms with Gasteiger partial charge < -0.3 is 4.74 Å². The lowest BCUT2D eigenvalue weighted by atomic mass is 9.72. The maximum absolute atomic E-state index is 13.0. The van der Waals surface area contributed by atoms with E-state index in [4.69, 9.17) is 4.74 Å². The van der Waals surface area contributed by atoms with Crippen molar-refractivity contribution < 1.29 is 14.3 Å². The molecule has 0 amide bonds. The van der Waals surface area contributed by atoms with Crippen LogP contribution in [0.5, 0.6) is 0 Å². The number of carbonyl (C=O) groups excluding carboxylic acids is 2. The van der Waals surface area contributed by atoms with Crippen LogP contribution in [0.3, 0.4) is 0 Å². The topological polar surface area (TPSA) is 55.7 Å². The molecule has 1 aromatic rings. The number of benzene rings is 1. The van der Waals surface area contributed by atoms with Crippen LogP contribution in [-0.4, -0.2) is 29.8 Å². The lowest BCUT2D eigenvalue weighted by molar-refractivity contribution is -0.151. The molecule has 1 unspecified atom stereocenters. The van der Waals surface area contributed by atoms with E-state index in [2.05, 4.69) is 4.99 Å². The Balaban J connectivity index is 2.07. The molecule has 1 heterocycles. The molecule has 0 N–H and O–H groups in total. The van der Waals surface area contributed by atoms with Gasteiger partial charge in [0.2, 0.25) is 0 Å². The van der Waals surface area contributed by atoms with E-state index in [1.807, 2.05) is 51.3 Å². The van der Waals surface area contributed by atoms with Crippen molar-refractivity contribution >= 4 is 29.2 Å². The summed E-state index contributed by atoms with van der Waals surface area (Å²) in [5, 5.41) is 0. The summed E-state index contributed by atoms with van der Waals surface area (Å²) in [4.78, 5) is 31.7. The molecule has 3 rings (SSSR count). The molecule has 0 saturated carbocycles. The van der Waals surface area contributed by atoms with Gasteiger partial charge in [-0.15, -0.1) is 11.8 Å². The lowest BCUT2D eigenvalue weighted by Crippen LogP contribution is -2.38. The third-order valence-corrected chi connectivity index (χ3v) is 6.20. The molecule has 1 aliphatic heterocycles. The lowest BCUT2D eigenvalue weighted by Gasteiger charge is -2.35. The predicted octanol–water partition coefficient (Wildman–Crippen LogP) is 4.93. The predicted molar refractivity (Wildman–Crippen MR) is 109 cm³/mol. The highest BCUT2D eigenvalue weighted by molar-refractivity contribution is 7.98. The van der Waals surface area contributed by atoms with Crippen LogP contribution < -0.4 is 0 Å². The zero-order valence-corrected chi connectivity index (χ0v) is 17.3. The van der Waals surface area contributed by atoms with E-state index in [0.717, 1.165) is 46.7 Å². The summed E-state index contributed by atoms with van der Waals surface area (Å²) in [6, 6.07) is 8.16. The number of allylic oxidation sites excluding steroid dienone is 2. The smallest absolute Gasteiger partial charge is 0.315 e. The molecule has 144 valence electrons. The van der Waals surface area contributed by atoms with Crippen molar-refractivity contribution in [3.8, 4) is 0 Å². The first kappa shape index (κ1) is 19.9. The number of aliphatic imine (C=N–C) groups is 1. The van der Waals surface area contributed by atoms with E-state index in [0.29, 0.717) is 6.42 Å². The zero-order chi connectivity index (χ0) is 19.6. The summed E-state index contributed by atoms with van der Waals surface area (Å²) in [5.41, 5.74) is 3.30. The van der Waals surface area contributed by atoms with Gasteiger partial charge in [-0.3, -0.25) is 14.6 Å². The molecule has 1 aliphatic carbocycles. The molecular formula is C22H27NO3S. The van der Waals surface area contributed by atoms with Gasteiger partial charge >= 0.3 is 5.97 Å². The standard InChI is InChI=1S/C22H27NO3S/c1-5-13(2)26-22(25)19-14(3)23-17-7-6-8-18(24)21(17)20(19)15-9-11-16(27-4)12-10-15/h9-13,19-20H,5-8H2,1-4H3/t13-,19?,20+/m1/s1. The molecule has 2 aliphatic rings. The van der Waals surface area contributed by atoms with Crippen molar-refractivity contribution in [2.45, 2.75) is 63.4 Å². The maximum Gasteiger partial charge on any atom is 0.315 e. The fraction of sp³-hybridized carbons (Fsp3) is 0.500. The van der Waals surface area contributed by atoms with Crippen molar-refractivity contribution in [3.63, 3.8) is 0 Å². The van der Waals surface area contributed by atoms with Gasteiger partial charge in [0.05, 0.1) is 6.10 Å². The van der Waals surface area contributed by atoms with Gasteiger partial charge in [0.25, 0.3) is 0 Å². The zero-order valence-electron chi connectivity index (χ0n) is 16.5. The normalized spacial score (nSPS) is 23.6. The number of ketones is 1. The number of Topliss-reactive ketones (excluding diaryl/α,β-unsaturated/α-hetero) is 1. The van der Waals surface area contributed by atoms with Crippen LogP contribution in [0, 0.1) is 5.92 Å². The molecule has 5 heteroatoms. The molecule has 0 radical (unpaired) electrons. The molecule has 0 fully saturated rings. The Bertz CT molecular complexity index is 794. The van der Waals surface area contributed by atoms with Crippen molar-refractivity contribution in [1.29, 1.82) is 0 Å². The second-order valence-corrected chi connectivity index (χ2v) is 8.15. The number of carbonyl (C=O) groups is 2. The molecule has 3 atom stereocenters. The molecule has 0 aromatic heterocycles. The second kappa shape index (κ2) is 8.42. The summed E-state index contributed by atoms with van der Waals surface area (Å²) < 4.78 is 5.66. The van der Waals surface area contributed by atoms with E-state index >= 15 is 0 Å². The fourth-order valence-electron chi connectivity index (χ4n) is 3.84. The van der Waals surface area contributed by atoms with E-state index in [1.165, 1.54) is 0 Å². The van der Waals surface area contributed by atoms with Crippen molar-refractivity contribution in [2.24, 2.45) is 10.9 Å². The fourth-order valence-corrected chi connectivity index (χ4v) is 4.25. The van der Waals surface area contributed by atoms with Crippen LogP contribution in [0.2, 0.25) is 0 Å². The monoisotopic (exact) mass is 385 g/mol. The molecule has 27 heavy (non-hydrogen) atoms. The highest BCUT2D eigenvalue weighted by Gasteiger charge is 2.43.